The Bertz CT molecular complexity index is 726. The van der Waals surface area contributed by atoms with Gasteiger partial charge in [-0.3, -0.25) is 0 Å². The molecule has 96 valence electrons. The molecule has 3 rings (SSSR count). The average molecular weight is 310 g/mol. The summed E-state index contributed by atoms with van der Waals surface area (Å²) in [6.07, 6.45) is 0. The molecule has 0 N–H and O–H groups in total. The summed E-state index contributed by atoms with van der Waals surface area (Å²) in [6.45, 7) is 0. The third kappa shape index (κ3) is 3.06. The lowest BCUT2D eigenvalue weighted by Gasteiger charge is -1.98. The van der Waals surface area contributed by atoms with Crippen LogP contribution in [-0.4, -0.2) is 4.98 Å². The molecule has 19 heavy (non-hydrogen) atoms. The molecule has 0 spiro atoms. The van der Waals surface area contributed by atoms with E-state index in [1.165, 1.54) is 11.8 Å². The molecule has 0 unspecified atom stereocenters. The predicted octanol–water partition coefficient (Wildman–Crippen LogP) is 5.43. The molecule has 0 radical (unpaired) electrons. The SMILES string of the molecule is Clc1cccc(CSc2nc3cc(Cl)ccc3o2)c1. The maximum absolute atomic E-state index is 5.95. The van der Waals surface area contributed by atoms with Crippen LogP contribution in [0.4, 0.5) is 0 Å². The van der Waals surface area contributed by atoms with Crippen LogP contribution in [0.2, 0.25) is 10.0 Å². The monoisotopic (exact) mass is 309 g/mol. The number of benzene rings is 2. The summed E-state index contributed by atoms with van der Waals surface area (Å²) in [6, 6.07) is 13.2. The Kier molecular flexibility index (Phi) is 3.69. The molecule has 0 aliphatic carbocycles. The Labute approximate surface area is 124 Å². The summed E-state index contributed by atoms with van der Waals surface area (Å²) in [5, 5.41) is 2.03. The van der Waals surface area contributed by atoms with Crippen LogP contribution < -0.4 is 0 Å². The van der Waals surface area contributed by atoms with Crippen molar-refractivity contribution in [1.82, 2.24) is 4.98 Å². The summed E-state index contributed by atoms with van der Waals surface area (Å²) in [5.41, 5.74) is 2.66. The Morgan fingerprint density at radius 1 is 1.05 bits per heavy atom. The molecule has 0 bridgehead atoms. The van der Waals surface area contributed by atoms with Crippen molar-refractivity contribution in [3.63, 3.8) is 0 Å². The zero-order chi connectivity index (χ0) is 13.2. The van der Waals surface area contributed by atoms with Crippen molar-refractivity contribution in [2.45, 2.75) is 11.0 Å². The summed E-state index contributed by atoms with van der Waals surface area (Å²) < 4.78 is 5.64. The number of nitrogens with zero attached hydrogens (tertiary/aromatic N) is 1. The van der Waals surface area contributed by atoms with Crippen LogP contribution in [0.25, 0.3) is 11.1 Å². The van der Waals surface area contributed by atoms with E-state index in [0.29, 0.717) is 10.2 Å². The predicted molar refractivity (Wildman–Crippen MR) is 80.0 cm³/mol. The van der Waals surface area contributed by atoms with Crippen molar-refractivity contribution in [1.29, 1.82) is 0 Å². The van der Waals surface area contributed by atoms with Gasteiger partial charge in [-0.15, -0.1) is 0 Å². The fraction of sp³-hybridized carbons (Fsp3) is 0.0714. The number of rotatable bonds is 3. The Morgan fingerprint density at radius 2 is 1.89 bits per heavy atom. The van der Waals surface area contributed by atoms with Crippen molar-refractivity contribution in [3.05, 3.63) is 58.1 Å². The molecule has 0 amide bonds. The van der Waals surface area contributed by atoms with Crippen LogP contribution in [0.15, 0.2) is 52.1 Å². The van der Waals surface area contributed by atoms with E-state index in [-0.39, 0.29) is 0 Å². The van der Waals surface area contributed by atoms with E-state index < -0.39 is 0 Å². The summed E-state index contributed by atoms with van der Waals surface area (Å²) in [7, 11) is 0. The third-order valence-corrected chi connectivity index (χ3v) is 3.95. The highest BCUT2D eigenvalue weighted by molar-refractivity contribution is 7.98. The highest BCUT2D eigenvalue weighted by Gasteiger charge is 2.07. The van der Waals surface area contributed by atoms with E-state index in [9.17, 15) is 0 Å². The zero-order valence-electron chi connectivity index (χ0n) is 9.77. The number of hydrogen-bond donors (Lipinski definition) is 0. The number of thioether (sulfide) groups is 1. The Hall–Kier alpha value is -1.16. The molecule has 5 heteroatoms. The van der Waals surface area contributed by atoms with Crippen LogP contribution in [0.1, 0.15) is 5.56 Å². The standard InChI is InChI=1S/C14H9Cl2NOS/c15-10-3-1-2-9(6-10)8-19-14-17-12-7-11(16)4-5-13(12)18-14/h1-7H,8H2. The molecule has 0 aliphatic heterocycles. The lowest BCUT2D eigenvalue weighted by Crippen LogP contribution is -1.80. The molecule has 0 aliphatic rings. The first-order chi connectivity index (χ1) is 9.20. The van der Waals surface area contributed by atoms with Gasteiger partial charge >= 0.3 is 0 Å². The molecule has 3 aromatic rings. The van der Waals surface area contributed by atoms with Crippen LogP contribution in [0.3, 0.4) is 0 Å². The number of hydrogen-bond acceptors (Lipinski definition) is 3. The lowest BCUT2D eigenvalue weighted by atomic mass is 10.2. The van der Waals surface area contributed by atoms with Crippen molar-refractivity contribution < 1.29 is 4.42 Å². The molecule has 2 aromatic carbocycles. The number of fused-ring (bicyclic) bond motifs is 1. The smallest absolute Gasteiger partial charge is 0.257 e. The molecule has 0 fully saturated rings. The number of oxazole rings is 1. The molecule has 0 saturated carbocycles. The normalized spacial score (nSPS) is 11.1. The molecular formula is C14H9Cl2NOS. The van der Waals surface area contributed by atoms with Gasteiger partial charge in [0.25, 0.3) is 5.22 Å². The van der Waals surface area contributed by atoms with Gasteiger partial charge in [-0.25, -0.2) is 4.98 Å². The topological polar surface area (TPSA) is 26.0 Å². The van der Waals surface area contributed by atoms with Gasteiger partial charge in [-0.1, -0.05) is 47.1 Å². The average Bonchev–Trinajstić information content (AvgIpc) is 2.78. The first kappa shape index (κ1) is 12.9. The van der Waals surface area contributed by atoms with Crippen LogP contribution in [-0.2, 0) is 5.75 Å². The minimum Gasteiger partial charge on any atom is -0.431 e. The Morgan fingerprint density at radius 3 is 2.74 bits per heavy atom. The number of halogens is 2. The molecule has 0 atom stereocenters. The minimum absolute atomic E-state index is 0.636. The van der Waals surface area contributed by atoms with Gasteiger partial charge < -0.3 is 4.42 Å². The van der Waals surface area contributed by atoms with Crippen molar-refractivity contribution >= 4 is 46.1 Å². The molecular weight excluding hydrogens is 301 g/mol. The van der Waals surface area contributed by atoms with Gasteiger partial charge in [0.15, 0.2) is 5.58 Å². The van der Waals surface area contributed by atoms with Gasteiger partial charge in [0.05, 0.1) is 0 Å². The first-order valence-corrected chi connectivity index (χ1v) is 7.38. The van der Waals surface area contributed by atoms with Gasteiger partial charge in [0, 0.05) is 15.8 Å². The van der Waals surface area contributed by atoms with E-state index >= 15 is 0 Å². The Balaban J connectivity index is 1.78. The second-order valence-corrected chi connectivity index (χ2v) is 5.81. The fourth-order valence-corrected chi connectivity index (χ4v) is 2.87. The van der Waals surface area contributed by atoms with E-state index in [1.54, 1.807) is 12.1 Å². The highest BCUT2D eigenvalue weighted by atomic mass is 35.5. The fourth-order valence-electron chi connectivity index (χ4n) is 1.71. The second-order valence-electron chi connectivity index (χ2n) is 4.01. The third-order valence-electron chi connectivity index (χ3n) is 2.58. The van der Waals surface area contributed by atoms with Crippen LogP contribution >= 0.6 is 35.0 Å². The summed E-state index contributed by atoms with van der Waals surface area (Å²) >= 11 is 13.4. The maximum atomic E-state index is 5.95. The largest absolute Gasteiger partial charge is 0.431 e. The van der Waals surface area contributed by atoms with E-state index in [1.807, 2.05) is 30.3 Å². The van der Waals surface area contributed by atoms with Gasteiger partial charge in [-0.05, 0) is 35.9 Å². The number of aromatic nitrogens is 1. The summed E-state index contributed by atoms with van der Waals surface area (Å²) in [4.78, 5) is 4.39. The molecule has 2 nitrogen and oxygen atoms in total. The molecule has 1 heterocycles. The van der Waals surface area contributed by atoms with Gasteiger partial charge in [0.2, 0.25) is 0 Å². The van der Waals surface area contributed by atoms with Crippen LogP contribution in [0.5, 0.6) is 0 Å². The molecule has 0 saturated heterocycles. The highest BCUT2D eigenvalue weighted by Crippen LogP contribution is 2.28. The quantitative estimate of drug-likeness (QED) is 0.604. The lowest BCUT2D eigenvalue weighted by molar-refractivity contribution is 0.489. The van der Waals surface area contributed by atoms with E-state index in [2.05, 4.69) is 4.98 Å². The van der Waals surface area contributed by atoms with Crippen molar-refractivity contribution in [3.8, 4) is 0 Å². The van der Waals surface area contributed by atoms with Gasteiger partial charge in [0.1, 0.15) is 5.52 Å². The zero-order valence-corrected chi connectivity index (χ0v) is 12.1. The van der Waals surface area contributed by atoms with Gasteiger partial charge in [-0.2, -0.15) is 0 Å². The van der Waals surface area contributed by atoms with E-state index in [4.69, 9.17) is 27.6 Å². The molecule has 1 aromatic heterocycles. The minimum atomic E-state index is 0.636. The van der Waals surface area contributed by atoms with Crippen molar-refractivity contribution in [2.75, 3.05) is 0 Å². The first-order valence-electron chi connectivity index (χ1n) is 5.64. The van der Waals surface area contributed by atoms with Crippen molar-refractivity contribution in [2.24, 2.45) is 0 Å². The van der Waals surface area contributed by atoms with E-state index in [0.717, 1.165) is 27.4 Å². The second kappa shape index (κ2) is 5.45. The van der Waals surface area contributed by atoms with Crippen LogP contribution in [0, 0.1) is 0 Å². The maximum Gasteiger partial charge on any atom is 0.257 e. The summed E-state index contributed by atoms with van der Waals surface area (Å²) in [5.74, 6) is 0.765.